The number of hydrogen-bond acceptors (Lipinski definition) is 1. The molecule has 0 amide bonds. The van der Waals surface area contributed by atoms with Crippen molar-refractivity contribution in [1.82, 2.24) is 0 Å². The molecule has 1 nitrogen and oxygen atoms in total. The monoisotopic (exact) mass is 260 g/mol. The Labute approximate surface area is 100 Å². The summed E-state index contributed by atoms with van der Waals surface area (Å²) in [5, 5.41) is 1.84. The summed E-state index contributed by atoms with van der Waals surface area (Å²) in [5.74, 6) is 0. The van der Waals surface area contributed by atoms with E-state index in [0.717, 1.165) is 10.6 Å². The van der Waals surface area contributed by atoms with Gasteiger partial charge in [0.1, 0.15) is 7.80 Å². The first-order valence-electron chi connectivity index (χ1n) is 4.53. The smallest absolute Gasteiger partial charge is 0.131 e. The summed E-state index contributed by atoms with van der Waals surface area (Å²) in [5.41, 5.74) is 0. The van der Waals surface area contributed by atoms with Gasteiger partial charge >= 0.3 is 0 Å². The Kier molecular flexibility index (Phi) is 4.81. The molecule has 80 valence electrons. The van der Waals surface area contributed by atoms with Gasteiger partial charge in [0.25, 0.3) is 0 Å². The summed E-state index contributed by atoms with van der Waals surface area (Å²) in [4.78, 5) is 0. The first-order valence-corrected chi connectivity index (χ1v) is 5.93. The van der Waals surface area contributed by atoms with Crippen molar-refractivity contribution in [3.63, 3.8) is 0 Å². The summed E-state index contributed by atoms with van der Waals surface area (Å²) in [6, 6.07) is 19.2. The van der Waals surface area contributed by atoms with Crippen LogP contribution in [0.4, 0.5) is 0 Å². The molecule has 0 saturated carbocycles. The van der Waals surface area contributed by atoms with Crippen LogP contribution in [0.25, 0.3) is 0 Å². The van der Waals surface area contributed by atoms with Gasteiger partial charge in [-0.2, -0.15) is 0 Å². The fraction of sp³-hybridized carbons (Fsp3) is 0. The average Bonchev–Trinajstić information content (AvgIpc) is 2.30. The van der Waals surface area contributed by atoms with E-state index in [2.05, 4.69) is 0 Å². The molecule has 15 heavy (non-hydrogen) atoms. The fourth-order valence-electron chi connectivity index (χ4n) is 1.35. The van der Waals surface area contributed by atoms with E-state index in [1.807, 2.05) is 60.7 Å². The predicted octanol–water partition coefficient (Wildman–Crippen LogP) is 2.19. The number of hydrogen-bond donors (Lipinski definition) is 0. The van der Waals surface area contributed by atoms with E-state index in [-0.39, 0.29) is 16.5 Å². The third-order valence-corrected chi connectivity index (χ3v) is 3.79. The Balaban J connectivity index is 0.00000112. The molecule has 0 fully saturated rings. The summed E-state index contributed by atoms with van der Waals surface area (Å²) in [6.45, 7) is 0. The fourth-order valence-corrected chi connectivity index (χ4v) is 2.67. The second kappa shape index (κ2) is 5.90. The molecule has 2 aromatic carbocycles. The minimum absolute atomic E-state index is 0. The van der Waals surface area contributed by atoms with Crippen molar-refractivity contribution in [3.8, 4) is 0 Å². The summed E-state index contributed by atoms with van der Waals surface area (Å²) >= 11 is 0. The molecule has 0 spiro atoms. The molecule has 0 N–H and O–H groups in total. The Morgan fingerprint density at radius 2 is 1.00 bits per heavy atom. The molecule has 0 aliphatic heterocycles. The van der Waals surface area contributed by atoms with Crippen LogP contribution in [0.15, 0.2) is 60.7 Å². The molecular weight excluding hydrogens is 250 g/mol. The maximum Gasteiger partial charge on any atom is 0.131 e. The van der Waals surface area contributed by atoms with Crippen molar-refractivity contribution in [3.05, 3.63) is 60.7 Å². The van der Waals surface area contributed by atoms with Gasteiger partial charge in [0, 0.05) is 27.1 Å². The molecule has 0 radical (unpaired) electrons. The molecule has 0 aliphatic rings. The minimum atomic E-state index is -1.79. The third kappa shape index (κ3) is 3.06. The number of benzene rings is 2. The maximum atomic E-state index is 12.0. The molecular formula is C12H11NiOP. The van der Waals surface area contributed by atoms with Crippen molar-refractivity contribution in [1.29, 1.82) is 0 Å². The van der Waals surface area contributed by atoms with Crippen LogP contribution in [-0.2, 0) is 21.1 Å². The molecule has 3 heteroatoms. The van der Waals surface area contributed by atoms with Gasteiger partial charge in [0.15, 0.2) is 0 Å². The molecule has 0 saturated heterocycles. The molecule has 2 rings (SSSR count). The van der Waals surface area contributed by atoms with Crippen molar-refractivity contribution < 1.29 is 21.1 Å². The SMILES string of the molecule is O=[PH](c1ccccc1)c1ccccc1.[Ni]. The quantitative estimate of drug-likeness (QED) is 0.598. The topological polar surface area (TPSA) is 17.1 Å². The van der Waals surface area contributed by atoms with Crippen LogP contribution in [0.5, 0.6) is 0 Å². The molecule has 0 atom stereocenters. The maximum absolute atomic E-state index is 12.0. The van der Waals surface area contributed by atoms with Crippen LogP contribution in [0.2, 0.25) is 0 Å². The zero-order chi connectivity index (χ0) is 9.80. The van der Waals surface area contributed by atoms with Crippen LogP contribution < -0.4 is 10.6 Å². The average molecular weight is 261 g/mol. The van der Waals surface area contributed by atoms with Crippen molar-refractivity contribution >= 4 is 18.4 Å². The van der Waals surface area contributed by atoms with E-state index in [9.17, 15) is 4.57 Å². The molecule has 0 heterocycles. The van der Waals surface area contributed by atoms with Crippen LogP contribution in [0.3, 0.4) is 0 Å². The second-order valence-electron chi connectivity index (χ2n) is 3.06. The third-order valence-electron chi connectivity index (χ3n) is 2.07. The van der Waals surface area contributed by atoms with Crippen molar-refractivity contribution in [2.45, 2.75) is 0 Å². The minimum Gasteiger partial charge on any atom is -0.317 e. The zero-order valence-corrected chi connectivity index (χ0v) is 9.99. The van der Waals surface area contributed by atoms with Crippen LogP contribution in [0.1, 0.15) is 0 Å². The van der Waals surface area contributed by atoms with Crippen LogP contribution >= 0.6 is 7.80 Å². The van der Waals surface area contributed by atoms with E-state index < -0.39 is 7.80 Å². The normalized spacial score (nSPS) is 9.67. The summed E-state index contributed by atoms with van der Waals surface area (Å²) in [7, 11) is -1.79. The van der Waals surface area contributed by atoms with E-state index in [0.29, 0.717) is 0 Å². The first-order chi connectivity index (χ1) is 6.88. The molecule has 2 aromatic rings. The second-order valence-corrected chi connectivity index (χ2v) is 4.87. The van der Waals surface area contributed by atoms with E-state index >= 15 is 0 Å². The Morgan fingerprint density at radius 3 is 1.33 bits per heavy atom. The Morgan fingerprint density at radius 1 is 0.667 bits per heavy atom. The Bertz CT molecular complexity index is 386. The van der Waals surface area contributed by atoms with Gasteiger partial charge in [-0.05, 0) is 0 Å². The first kappa shape index (κ1) is 12.2. The van der Waals surface area contributed by atoms with E-state index in [1.165, 1.54) is 0 Å². The largest absolute Gasteiger partial charge is 0.317 e. The molecule has 0 aliphatic carbocycles. The predicted molar refractivity (Wildman–Crippen MR) is 61.2 cm³/mol. The molecule has 0 bridgehead atoms. The van der Waals surface area contributed by atoms with E-state index in [1.54, 1.807) is 0 Å². The van der Waals surface area contributed by atoms with Crippen LogP contribution in [-0.4, -0.2) is 0 Å². The number of rotatable bonds is 2. The van der Waals surface area contributed by atoms with Crippen molar-refractivity contribution in [2.75, 3.05) is 0 Å². The van der Waals surface area contributed by atoms with Gasteiger partial charge in [-0.3, -0.25) is 0 Å². The van der Waals surface area contributed by atoms with Gasteiger partial charge in [-0.25, -0.2) is 0 Å². The standard InChI is InChI=1S/C12H11OP.Ni/c13-14(11-7-3-1-4-8-11)12-9-5-2-6-10-12;/h1-10,14H;. The molecule has 0 unspecified atom stereocenters. The van der Waals surface area contributed by atoms with Gasteiger partial charge in [0.05, 0.1) is 0 Å². The molecule has 0 aromatic heterocycles. The van der Waals surface area contributed by atoms with Gasteiger partial charge in [0.2, 0.25) is 0 Å². The van der Waals surface area contributed by atoms with Gasteiger partial charge in [-0.1, -0.05) is 60.7 Å². The summed E-state index contributed by atoms with van der Waals surface area (Å²) < 4.78 is 12.0. The Hall–Kier alpha value is -0.836. The van der Waals surface area contributed by atoms with Crippen LogP contribution in [0, 0.1) is 0 Å². The van der Waals surface area contributed by atoms with Crippen molar-refractivity contribution in [2.24, 2.45) is 0 Å². The summed E-state index contributed by atoms with van der Waals surface area (Å²) in [6.07, 6.45) is 0. The van der Waals surface area contributed by atoms with Gasteiger partial charge in [-0.15, -0.1) is 0 Å². The van der Waals surface area contributed by atoms with Gasteiger partial charge < -0.3 is 4.57 Å². The van der Waals surface area contributed by atoms with E-state index in [4.69, 9.17) is 0 Å². The zero-order valence-electron chi connectivity index (χ0n) is 8.00.